The van der Waals surface area contributed by atoms with E-state index in [1.807, 2.05) is 24.3 Å². The second kappa shape index (κ2) is 10.1. The Balaban J connectivity index is 1.50. The molecule has 182 valence electrons. The Labute approximate surface area is 216 Å². The number of aryl methyl sites for hydroxylation is 2. The SMILES string of the molecule is Cc1cc(C)cc(Cc2ccc(C=C3C(=O)N(c4ccccc4)C(=O)N(c4ccccc4)C3=O)cc2)c1. The molecule has 4 aromatic rings. The topological polar surface area (TPSA) is 57.7 Å². The second-order valence-electron chi connectivity index (χ2n) is 9.21. The smallest absolute Gasteiger partial charge is 0.268 e. The lowest BCUT2D eigenvalue weighted by atomic mass is 9.99. The van der Waals surface area contributed by atoms with Crippen LogP contribution >= 0.6 is 0 Å². The number of nitrogens with zero attached hydrogens (tertiary/aromatic N) is 2. The van der Waals surface area contributed by atoms with Crippen LogP contribution in [0.25, 0.3) is 6.08 Å². The number of carbonyl (C=O) groups is 3. The molecular formula is C32H26N2O3. The van der Waals surface area contributed by atoms with E-state index in [0.29, 0.717) is 16.9 Å². The highest BCUT2D eigenvalue weighted by molar-refractivity contribution is 6.46. The molecule has 1 aliphatic rings. The summed E-state index contributed by atoms with van der Waals surface area (Å²) in [5, 5.41) is 0. The van der Waals surface area contributed by atoms with Crippen LogP contribution in [0, 0.1) is 13.8 Å². The van der Waals surface area contributed by atoms with E-state index in [9.17, 15) is 14.4 Å². The number of rotatable bonds is 5. The van der Waals surface area contributed by atoms with Gasteiger partial charge in [-0.3, -0.25) is 9.59 Å². The number of hydrogen-bond donors (Lipinski definition) is 0. The Morgan fingerprint density at radius 1 is 0.595 bits per heavy atom. The number of hydrogen-bond acceptors (Lipinski definition) is 3. The van der Waals surface area contributed by atoms with Gasteiger partial charge in [0, 0.05) is 0 Å². The molecule has 0 saturated carbocycles. The lowest BCUT2D eigenvalue weighted by molar-refractivity contribution is -0.121. The van der Waals surface area contributed by atoms with Gasteiger partial charge >= 0.3 is 6.03 Å². The van der Waals surface area contributed by atoms with Crippen molar-refractivity contribution in [3.8, 4) is 0 Å². The fraction of sp³-hybridized carbons (Fsp3) is 0.0938. The Bertz CT molecular complexity index is 1420. The highest BCUT2D eigenvalue weighted by Gasteiger charge is 2.43. The number of anilines is 2. The van der Waals surface area contributed by atoms with Crippen LogP contribution in [0.3, 0.4) is 0 Å². The third kappa shape index (κ3) is 4.98. The Kier molecular flexibility index (Phi) is 6.52. The third-order valence-corrected chi connectivity index (χ3v) is 6.26. The molecule has 0 N–H and O–H groups in total. The van der Waals surface area contributed by atoms with Crippen molar-refractivity contribution >= 4 is 35.3 Å². The zero-order chi connectivity index (χ0) is 25.9. The van der Waals surface area contributed by atoms with E-state index >= 15 is 0 Å². The first-order valence-corrected chi connectivity index (χ1v) is 12.1. The van der Waals surface area contributed by atoms with Crippen LogP contribution in [-0.2, 0) is 16.0 Å². The van der Waals surface area contributed by atoms with Crippen molar-refractivity contribution in [2.45, 2.75) is 20.3 Å². The summed E-state index contributed by atoms with van der Waals surface area (Å²) in [6.07, 6.45) is 2.35. The van der Waals surface area contributed by atoms with Crippen LogP contribution < -0.4 is 9.80 Å². The minimum atomic E-state index is -0.701. The van der Waals surface area contributed by atoms with E-state index in [2.05, 4.69) is 32.0 Å². The quantitative estimate of drug-likeness (QED) is 0.240. The molecule has 1 saturated heterocycles. The van der Waals surface area contributed by atoms with Crippen LogP contribution in [0.5, 0.6) is 0 Å². The van der Waals surface area contributed by atoms with E-state index in [-0.39, 0.29) is 5.57 Å². The molecule has 0 unspecified atom stereocenters. The van der Waals surface area contributed by atoms with Crippen LogP contribution in [0.15, 0.2) is 109 Å². The largest absolute Gasteiger partial charge is 0.343 e. The van der Waals surface area contributed by atoms with E-state index in [1.165, 1.54) is 16.7 Å². The van der Waals surface area contributed by atoms with Crippen LogP contribution in [0.1, 0.15) is 27.8 Å². The summed E-state index contributed by atoms with van der Waals surface area (Å²) < 4.78 is 0. The molecule has 0 bridgehead atoms. The van der Waals surface area contributed by atoms with Gasteiger partial charge < -0.3 is 0 Å². The van der Waals surface area contributed by atoms with Gasteiger partial charge in [-0.15, -0.1) is 0 Å². The van der Waals surface area contributed by atoms with Gasteiger partial charge in [-0.05, 0) is 67.3 Å². The molecule has 0 aliphatic carbocycles. The van der Waals surface area contributed by atoms with Crippen molar-refractivity contribution in [3.05, 3.63) is 137 Å². The van der Waals surface area contributed by atoms with Crippen molar-refractivity contribution in [2.24, 2.45) is 0 Å². The number of carbonyl (C=O) groups excluding carboxylic acids is 3. The van der Waals surface area contributed by atoms with Gasteiger partial charge in [0.05, 0.1) is 11.4 Å². The Hall–Kier alpha value is -4.77. The maximum atomic E-state index is 13.5. The molecule has 4 aromatic carbocycles. The number of barbiturate groups is 1. The van der Waals surface area contributed by atoms with E-state index in [1.54, 1.807) is 66.7 Å². The maximum Gasteiger partial charge on any atom is 0.343 e. The molecule has 1 aliphatic heterocycles. The summed E-state index contributed by atoms with van der Waals surface area (Å²) in [7, 11) is 0. The van der Waals surface area contributed by atoms with Gasteiger partial charge in [-0.2, -0.15) is 0 Å². The van der Waals surface area contributed by atoms with Crippen molar-refractivity contribution < 1.29 is 14.4 Å². The predicted molar refractivity (Wildman–Crippen MR) is 146 cm³/mol. The molecule has 5 heteroatoms. The Morgan fingerprint density at radius 2 is 1.08 bits per heavy atom. The first kappa shape index (κ1) is 23.9. The monoisotopic (exact) mass is 486 g/mol. The second-order valence-corrected chi connectivity index (χ2v) is 9.21. The molecule has 0 spiro atoms. The molecule has 5 rings (SSSR count). The summed E-state index contributed by atoms with van der Waals surface area (Å²) >= 11 is 0. The lowest BCUT2D eigenvalue weighted by Crippen LogP contribution is -2.57. The molecule has 37 heavy (non-hydrogen) atoms. The first-order chi connectivity index (χ1) is 17.9. The Morgan fingerprint density at radius 3 is 1.57 bits per heavy atom. The minimum absolute atomic E-state index is 0.0747. The van der Waals surface area contributed by atoms with Crippen LogP contribution in [0.4, 0.5) is 16.2 Å². The molecule has 1 fully saturated rings. The minimum Gasteiger partial charge on any atom is -0.268 e. The van der Waals surface area contributed by atoms with Gasteiger partial charge in [0.25, 0.3) is 11.8 Å². The van der Waals surface area contributed by atoms with Crippen LogP contribution in [0.2, 0.25) is 0 Å². The fourth-order valence-electron chi connectivity index (χ4n) is 4.64. The van der Waals surface area contributed by atoms with Crippen molar-refractivity contribution in [1.29, 1.82) is 0 Å². The predicted octanol–water partition coefficient (Wildman–Crippen LogP) is 6.48. The number of urea groups is 1. The zero-order valence-corrected chi connectivity index (χ0v) is 20.7. The lowest BCUT2D eigenvalue weighted by Gasteiger charge is -2.33. The van der Waals surface area contributed by atoms with Gasteiger partial charge in [0.2, 0.25) is 0 Å². The highest BCUT2D eigenvalue weighted by Crippen LogP contribution is 2.29. The standard InChI is InChI=1S/C32H26N2O3/c1-22-17-23(2)19-26(18-22)20-24-13-15-25(16-14-24)21-29-30(35)33(27-9-5-3-6-10-27)32(37)34(31(29)36)28-11-7-4-8-12-28/h3-19,21H,20H2,1-2H3. The summed E-state index contributed by atoms with van der Waals surface area (Å²) in [6.45, 7) is 4.18. The van der Waals surface area contributed by atoms with Crippen LogP contribution in [-0.4, -0.2) is 17.8 Å². The molecule has 5 nitrogen and oxygen atoms in total. The molecule has 0 atom stereocenters. The number of imide groups is 2. The molecule has 1 heterocycles. The number of para-hydroxylation sites is 2. The third-order valence-electron chi connectivity index (χ3n) is 6.26. The number of amides is 4. The van der Waals surface area contributed by atoms with Gasteiger partial charge in [-0.25, -0.2) is 14.6 Å². The average Bonchev–Trinajstić information content (AvgIpc) is 2.88. The molecule has 0 aromatic heterocycles. The summed E-state index contributed by atoms with van der Waals surface area (Å²) in [5.74, 6) is -1.29. The summed E-state index contributed by atoms with van der Waals surface area (Å²) in [6, 6.07) is 30.9. The number of benzene rings is 4. The van der Waals surface area contributed by atoms with Crippen molar-refractivity contribution in [2.75, 3.05) is 9.80 Å². The zero-order valence-electron chi connectivity index (χ0n) is 20.7. The van der Waals surface area contributed by atoms with E-state index in [0.717, 1.165) is 21.8 Å². The fourth-order valence-corrected chi connectivity index (χ4v) is 4.64. The molecule has 4 amide bonds. The molecular weight excluding hydrogens is 460 g/mol. The normalized spacial score (nSPS) is 13.8. The van der Waals surface area contributed by atoms with E-state index < -0.39 is 17.8 Å². The summed E-state index contributed by atoms with van der Waals surface area (Å²) in [4.78, 5) is 42.5. The van der Waals surface area contributed by atoms with Crippen molar-refractivity contribution in [1.82, 2.24) is 0 Å². The molecule has 0 radical (unpaired) electrons. The first-order valence-electron chi connectivity index (χ1n) is 12.1. The van der Waals surface area contributed by atoms with Gasteiger partial charge in [-0.1, -0.05) is 90.0 Å². The van der Waals surface area contributed by atoms with Crippen molar-refractivity contribution in [3.63, 3.8) is 0 Å². The summed E-state index contributed by atoms with van der Waals surface area (Å²) in [5.41, 5.74) is 6.25. The van der Waals surface area contributed by atoms with E-state index in [4.69, 9.17) is 0 Å². The van der Waals surface area contributed by atoms with Gasteiger partial charge in [0.15, 0.2) is 0 Å². The van der Waals surface area contributed by atoms with Gasteiger partial charge in [0.1, 0.15) is 5.57 Å². The maximum absolute atomic E-state index is 13.5. The average molecular weight is 487 g/mol. The highest BCUT2D eigenvalue weighted by atomic mass is 16.2.